The second kappa shape index (κ2) is 7.30. The van der Waals surface area contributed by atoms with Gasteiger partial charge in [0.2, 0.25) is 0 Å². The smallest absolute Gasteiger partial charge is 0.196 e. The second-order valence-electron chi connectivity index (χ2n) is 4.92. The number of thioether (sulfide) groups is 1. The fourth-order valence-corrected chi connectivity index (χ4v) is 3.11. The molecule has 1 aromatic heterocycles. The van der Waals surface area contributed by atoms with Crippen LogP contribution in [0.2, 0.25) is 0 Å². The van der Waals surface area contributed by atoms with Gasteiger partial charge in [-0.2, -0.15) is 0 Å². The molecule has 2 N–H and O–H groups in total. The maximum atomic E-state index is 10.1. The molecule has 118 valence electrons. The van der Waals surface area contributed by atoms with Crippen LogP contribution >= 0.6 is 11.8 Å². The lowest BCUT2D eigenvalue weighted by Crippen LogP contribution is -2.00. The summed E-state index contributed by atoms with van der Waals surface area (Å²) in [5.41, 5.74) is 1.57. The van der Waals surface area contributed by atoms with Crippen LogP contribution in [-0.2, 0) is 0 Å². The molecule has 5 nitrogen and oxygen atoms in total. The molecule has 6 heteroatoms. The van der Waals surface area contributed by atoms with Crippen LogP contribution in [0.25, 0.3) is 17.1 Å². The Bertz CT molecular complexity index is 775. The van der Waals surface area contributed by atoms with Crippen LogP contribution < -0.4 is 0 Å². The van der Waals surface area contributed by atoms with E-state index in [2.05, 4.69) is 10.2 Å². The maximum absolute atomic E-state index is 10.1. The van der Waals surface area contributed by atoms with E-state index in [4.69, 9.17) is 5.11 Å². The van der Waals surface area contributed by atoms with Crippen LogP contribution in [0.15, 0.2) is 59.8 Å². The van der Waals surface area contributed by atoms with E-state index in [0.717, 1.165) is 16.6 Å². The molecule has 1 heterocycles. The van der Waals surface area contributed by atoms with Gasteiger partial charge in [0.25, 0.3) is 0 Å². The van der Waals surface area contributed by atoms with Gasteiger partial charge in [-0.05, 0) is 30.7 Å². The number of hydrogen-bond donors (Lipinski definition) is 2. The first-order chi connectivity index (χ1) is 11.3. The first-order valence-corrected chi connectivity index (χ1v) is 8.32. The topological polar surface area (TPSA) is 71.2 Å². The van der Waals surface area contributed by atoms with E-state index in [0.29, 0.717) is 17.8 Å². The van der Waals surface area contributed by atoms with Crippen molar-refractivity contribution < 1.29 is 10.2 Å². The molecule has 0 radical (unpaired) electrons. The molecule has 0 saturated heterocycles. The van der Waals surface area contributed by atoms with E-state index in [1.807, 2.05) is 47.0 Å². The Morgan fingerprint density at radius 2 is 1.70 bits per heavy atom. The minimum Gasteiger partial charge on any atom is -0.507 e. The van der Waals surface area contributed by atoms with Crippen molar-refractivity contribution in [2.45, 2.75) is 11.6 Å². The molecule has 0 atom stereocenters. The summed E-state index contributed by atoms with van der Waals surface area (Å²) in [6.07, 6.45) is 0.693. The Hall–Kier alpha value is -2.31. The number of aromatic hydroxyl groups is 1. The molecular formula is C17H17N3O2S. The van der Waals surface area contributed by atoms with Gasteiger partial charge >= 0.3 is 0 Å². The van der Waals surface area contributed by atoms with Gasteiger partial charge in [-0.15, -0.1) is 10.2 Å². The molecule has 0 aliphatic rings. The molecule has 0 spiro atoms. The zero-order valence-corrected chi connectivity index (χ0v) is 13.3. The number of rotatable bonds is 6. The zero-order chi connectivity index (χ0) is 16.1. The van der Waals surface area contributed by atoms with Crippen molar-refractivity contribution in [1.82, 2.24) is 14.8 Å². The lowest BCUT2D eigenvalue weighted by atomic mass is 10.2. The predicted molar refractivity (Wildman–Crippen MR) is 90.9 cm³/mol. The van der Waals surface area contributed by atoms with Crippen molar-refractivity contribution in [2.24, 2.45) is 0 Å². The van der Waals surface area contributed by atoms with Gasteiger partial charge in [0.1, 0.15) is 5.75 Å². The molecule has 0 amide bonds. The summed E-state index contributed by atoms with van der Waals surface area (Å²) in [7, 11) is 0. The first kappa shape index (κ1) is 15.6. The number of aliphatic hydroxyl groups is 1. The predicted octanol–water partition coefficient (Wildman–Crippen LogP) is 3.11. The summed E-state index contributed by atoms with van der Waals surface area (Å²) in [4.78, 5) is 0. The minimum atomic E-state index is 0.152. The summed E-state index contributed by atoms with van der Waals surface area (Å²) in [6, 6.07) is 16.9. The Kier molecular flexibility index (Phi) is 4.95. The Morgan fingerprint density at radius 3 is 2.43 bits per heavy atom. The van der Waals surface area contributed by atoms with Gasteiger partial charge in [0, 0.05) is 18.0 Å². The molecule has 3 aromatic rings. The molecular weight excluding hydrogens is 310 g/mol. The van der Waals surface area contributed by atoms with Crippen molar-refractivity contribution >= 4 is 11.8 Å². The minimum absolute atomic E-state index is 0.152. The first-order valence-electron chi connectivity index (χ1n) is 7.34. The van der Waals surface area contributed by atoms with Crippen LogP contribution in [0, 0.1) is 0 Å². The third-order valence-electron chi connectivity index (χ3n) is 3.33. The summed E-state index contributed by atoms with van der Waals surface area (Å²) in [5.74, 6) is 1.52. The molecule has 0 aliphatic heterocycles. The van der Waals surface area contributed by atoms with Crippen molar-refractivity contribution in [2.75, 3.05) is 12.4 Å². The van der Waals surface area contributed by atoms with Crippen molar-refractivity contribution in [3.8, 4) is 22.8 Å². The van der Waals surface area contributed by atoms with E-state index in [1.165, 1.54) is 11.8 Å². The van der Waals surface area contributed by atoms with Crippen molar-refractivity contribution in [3.05, 3.63) is 54.6 Å². The lowest BCUT2D eigenvalue weighted by molar-refractivity contribution is 0.296. The van der Waals surface area contributed by atoms with Gasteiger partial charge in [-0.3, -0.25) is 4.57 Å². The lowest BCUT2D eigenvalue weighted by Gasteiger charge is -2.10. The molecule has 0 unspecified atom stereocenters. The standard InChI is InChI=1S/C17H17N3O2S/c21-11-6-12-23-17-19-18-16(14-9-4-5-10-15(14)22)20(17)13-7-2-1-3-8-13/h1-5,7-10,21-22H,6,11-12H2. The molecule has 0 saturated carbocycles. The van der Waals surface area contributed by atoms with Gasteiger partial charge in [0.15, 0.2) is 11.0 Å². The van der Waals surface area contributed by atoms with Crippen LogP contribution in [0.4, 0.5) is 0 Å². The molecule has 2 aromatic carbocycles. The zero-order valence-electron chi connectivity index (χ0n) is 12.5. The Morgan fingerprint density at radius 1 is 0.957 bits per heavy atom. The average Bonchev–Trinajstić information content (AvgIpc) is 3.00. The number of aromatic nitrogens is 3. The number of phenolic OH excluding ortho intramolecular Hbond substituents is 1. The second-order valence-corrected chi connectivity index (χ2v) is 5.98. The highest BCUT2D eigenvalue weighted by Gasteiger charge is 2.17. The van der Waals surface area contributed by atoms with Gasteiger partial charge < -0.3 is 10.2 Å². The Balaban J connectivity index is 2.08. The fourth-order valence-electron chi connectivity index (χ4n) is 2.24. The quantitative estimate of drug-likeness (QED) is 0.538. The van der Waals surface area contributed by atoms with Gasteiger partial charge in [0.05, 0.1) is 5.56 Å². The number of hydrogen-bond acceptors (Lipinski definition) is 5. The number of para-hydroxylation sites is 2. The van der Waals surface area contributed by atoms with E-state index >= 15 is 0 Å². The number of phenols is 1. The third-order valence-corrected chi connectivity index (χ3v) is 4.34. The van der Waals surface area contributed by atoms with Crippen molar-refractivity contribution in [3.63, 3.8) is 0 Å². The molecule has 0 aliphatic carbocycles. The SMILES string of the molecule is OCCCSc1nnc(-c2ccccc2O)n1-c1ccccc1. The van der Waals surface area contributed by atoms with Gasteiger partial charge in [-0.25, -0.2) is 0 Å². The van der Waals surface area contributed by atoms with E-state index in [-0.39, 0.29) is 12.4 Å². The summed E-state index contributed by atoms with van der Waals surface area (Å²) >= 11 is 1.54. The highest BCUT2D eigenvalue weighted by molar-refractivity contribution is 7.99. The summed E-state index contributed by atoms with van der Waals surface area (Å²) in [5, 5.41) is 28.4. The number of aliphatic hydroxyl groups excluding tert-OH is 1. The van der Waals surface area contributed by atoms with Crippen LogP contribution in [-0.4, -0.2) is 37.3 Å². The summed E-state index contributed by atoms with van der Waals surface area (Å²) < 4.78 is 1.93. The van der Waals surface area contributed by atoms with Gasteiger partial charge in [-0.1, -0.05) is 42.1 Å². The van der Waals surface area contributed by atoms with Crippen molar-refractivity contribution in [1.29, 1.82) is 0 Å². The number of benzene rings is 2. The fraction of sp³-hybridized carbons (Fsp3) is 0.176. The monoisotopic (exact) mass is 327 g/mol. The maximum Gasteiger partial charge on any atom is 0.196 e. The highest BCUT2D eigenvalue weighted by atomic mass is 32.2. The van der Waals surface area contributed by atoms with Crippen LogP contribution in [0.1, 0.15) is 6.42 Å². The molecule has 3 rings (SSSR count). The molecule has 23 heavy (non-hydrogen) atoms. The summed E-state index contributed by atoms with van der Waals surface area (Å²) in [6.45, 7) is 0.152. The molecule has 0 bridgehead atoms. The molecule has 0 fully saturated rings. The Labute approximate surface area is 138 Å². The van der Waals surface area contributed by atoms with E-state index < -0.39 is 0 Å². The van der Waals surface area contributed by atoms with Crippen LogP contribution in [0.5, 0.6) is 5.75 Å². The largest absolute Gasteiger partial charge is 0.507 e. The normalized spacial score (nSPS) is 10.8. The highest BCUT2D eigenvalue weighted by Crippen LogP contribution is 2.32. The van der Waals surface area contributed by atoms with Crippen LogP contribution in [0.3, 0.4) is 0 Å². The average molecular weight is 327 g/mol. The van der Waals surface area contributed by atoms with E-state index in [1.54, 1.807) is 12.1 Å². The number of nitrogens with zero attached hydrogens (tertiary/aromatic N) is 3. The third kappa shape index (κ3) is 3.38. The van der Waals surface area contributed by atoms with E-state index in [9.17, 15) is 5.11 Å².